The van der Waals surface area contributed by atoms with Crippen LogP contribution in [0.2, 0.25) is 0 Å². The van der Waals surface area contributed by atoms with Gasteiger partial charge in [0.15, 0.2) is 0 Å². The molecular formula is C8H18FOP. The SMILES string of the molecule is COC(CC(C)C)C(C)(F)P. The van der Waals surface area contributed by atoms with Gasteiger partial charge in [-0.25, -0.2) is 4.39 Å². The maximum absolute atomic E-state index is 13.3. The van der Waals surface area contributed by atoms with Crippen LogP contribution in [0.5, 0.6) is 0 Å². The van der Waals surface area contributed by atoms with E-state index in [-0.39, 0.29) is 6.10 Å². The number of hydrogen-bond donors (Lipinski definition) is 0. The van der Waals surface area contributed by atoms with Crippen molar-refractivity contribution in [2.24, 2.45) is 5.92 Å². The second-order valence-electron chi connectivity index (χ2n) is 3.51. The molecule has 68 valence electrons. The molecular weight excluding hydrogens is 162 g/mol. The summed E-state index contributed by atoms with van der Waals surface area (Å²) in [5.41, 5.74) is 0. The minimum absolute atomic E-state index is 0.313. The molecule has 0 N–H and O–H groups in total. The van der Waals surface area contributed by atoms with Gasteiger partial charge >= 0.3 is 0 Å². The zero-order valence-electron chi connectivity index (χ0n) is 7.73. The molecule has 0 aromatic heterocycles. The Hall–Kier alpha value is 0.320. The zero-order chi connectivity index (χ0) is 9.07. The highest BCUT2D eigenvalue weighted by Gasteiger charge is 2.29. The molecule has 0 aliphatic rings. The number of rotatable bonds is 4. The lowest BCUT2D eigenvalue weighted by atomic mass is 10.0. The summed E-state index contributed by atoms with van der Waals surface area (Å²) in [5.74, 6) is 0.468. The molecule has 0 saturated heterocycles. The van der Waals surface area contributed by atoms with Crippen molar-refractivity contribution >= 4 is 9.24 Å². The average Bonchev–Trinajstić information content (AvgIpc) is 1.79. The molecule has 0 spiro atoms. The molecule has 0 bridgehead atoms. The summed E-state index contributed by atoms with van der Waals surface area (Å²) < 4.78 is 18.3. The van der Waals surface area contributed by atoms with E-state index in [1.807, 2.05) is 0 Å². The van der Waals surface area contributed by atoms with E-state index >= 15 is 0 Å². The second-order valence-corrected chi connectivity index (χ2v) is 4.63. The van der Waals surface area contributed by atoms with E-state index in [1.54, 1.807) is 7.11 Å². The maximum Gasteiger partial charge on any atom is 0.146 e. The largest absolute Gasteiger partial charge is 0.378 e. The highest BCUT2D eigenvalue weighted by molar-refractivity contribution is 7.18. The van der Waals surface area contributed by atoms with Crippen LogP contribution in [0.4, 0.5) is 4.39 Å². The van der Waals surface area contributed by atoms with Crippen LogP contribution in [-0.4, -0.2) is 18.6 Å². The number of ether oxygens (including phenoxy) is 1. The molecule has 0 aliphatic carbocycles. The Morgan fingerprint density at radius 3 is 2.09 bits per heavy atom. The van der Waals surface area contributed by atoms with E-state index in [4.69, 9.17) is 4.74 Å². The molecule has 3 heteroatoms. The predicted octanol–water partition coefficient (Wildman–Crippen LogP) is 2.61. The summed E-state index contributed by atoms with van der Waals surface area (Å²) >= 11 is 0. The van der Waals surface area contributed by atoms with E-state index in [0.717, 1.165) is 6.42 Å². The van der Waals surface area contributed by atoms with Crippen molar-refractivity contribution in [3.05, 3.63) is 0 Å². The lowest BCUT2D eigenvalue weighted by Crippen LogP contribution is -2.31. The smallest absolute Gasteiger partial charge is 0.146 e. The molecule has 0 aliphatic heterocycles. The molecule has 1 nitrogen and oxygen atoms in total. The van der Waals surface area contributed by atoms with Crippen LogP contribution in [0.25, 0.3) is 0 Å². The summed E-state index contributed by atoms with van der Waals surface area (Å²) in [6.45, 7) is 5.64. The van der Waals surface area contributed by atoms with E-state index in [2.05, 4.69) is 23.1 Å². The molecule has 3 unspecified atom stereocenters. The van der Waals surface area contributed by atoms with E-state index in [1.165, 1.54) is 6.92 Å². The maximum atomic E-state index is 13.3. The van der Waals surface area contributed by atoms with Gasteiger partial charge < -0.3 is 4.74 Å². The molecule has 0 fully saturated rings. The monoisotopic (exact) mass is 180 g/mol. The molecule has 0 aromatic rings. The van der Waals surface area contributed by atoms with Crippen molar-refractivity contribution < 1.29 is 9.13 Å². The van der Waals surface area contributed by atoms with Gasteiger partial charge in [0.25, 0.3) is 0 Å². The standard InChI is InChI=1S/C8H18FOP/c1-6(2)5-7(10-4)8(3,9)11/h6-7H,5,11H2,1-4H3. The normalized spacial score (nSPS) is 19.9. The summed E-state index contributed by atoms with van der Waals surface area (Å²) in [7, 11) is 3.72. The number of halogens is 1. The topological polar surface area (TPSA) is 9.23 Å². The second kappa shape index (κ2) is 4.37. The van der Waals surface area contributed by atoms with Gasteiger partial charge in [0.2, 0.25) is 0 Å². The van der Waals surface area contributed by atoms with Crippen molar-refractivity contribution in [3.63, 3.8) is 0 Å². The summed E-state index contributed by atoms with van der Waals surface area (Å²) in [6.07, 6.45) is 0.444. The summed E-state index contributed by atoms with van der Waals surface area (Å²) in [5, 5.41) is -1.31. The Balaban J connectivity index is 3.96. The van der Waals surface area contributed by atoms with E-state index in [9.17, 15) is 4.39 Å². The van der Waals surface area contributed by atoms with Gasteiger partial charge in [-0.3, -0.25) is 0 Å². The van der Waals surface area contributed by atoms with Crippen LogP contribution in [0.3, 0.4) is 0 Å². The Kier molecular flexibility index (Phi) is 4.50. The zero-order valence-corrected chi connectivity index (χ0v) is 8.88. The minimum atomic E-state index is -1.31. The van der Waals surface area contributed by atoms with Gasteiger partial charge in [-0.1, -0.05) is 23.1 Å². The van der Waals surface area contributed by atoms with Gasteiger partial charge in [0.05, 0.1) is 6.10 Å². The Labute approximate surface area is 70.9 Å². The number of methoxy groups -OCH3 is 1. The van der Waals surface area contributed by atoms with Crippen LogP contribution in [0.15, 0.2) is 0 Å². The Bertz CT molecular complexity index is 109. The summed E-state index contributed by atoms with van der Waals surface area (Å²) in [4.78, 5) is 0. The lowest BCUT2D eigenvalue weighted by molar-refractivity contribution is 0.00874. The molecule has 0 amide bonds. The third-order valence-electron chi connectivity index (χ3n) is 1.60. The quantitative estimate of drug-likeness (QED) is 0.604. The molecule has 3 atom stereocenters. The number of hydrogen-bond acceptors (Lipinski definition) is 1. The Morgan fingerprint density at radius 1 is 1.55 bits per heavy atom. The molecule has 0 saturated carbocycles. The van der Waals surface area contributed by atoms with Crippen molar-refractivity contribution in [1.29, 1.82) is 0 Å². The fraction of sp³-hybridized carbons (Fsp3) is 1.00. The van der Waals surface area contributed by atoms with Gasteiger partial charge in [-0.2, -0.15) is 0 Å². The van der Waals surface area contributed by atoms with E-state index < -0.39 is 5.41 Å². The van der Waals surface area contributed by atoms with Gasteiger partial charge in [0.1, 0.15) is 5.41 Å². The first-order valence-corrected chi connectivity index (χ1v) is 4.46. The van der Waals surface area contributed by atoms with Crippen LogP contribution >= 0.6 is 9.24 Å². The van der Waals surface area contributed by atoms with Crippen molar-refractivity contribution in [2.75, 3.05) is 7.11 Å². The highest BCUT2D eigenvalue weighted by Crippen LogP contribution is 2.29. The van der Waals surface area contributed by atoms with Crippen LogP contribution < -0.4 is 0 Å². The fourth-order valence-electron chi connectivity index (χ4n) is 0.985. The van der Waals surface area contributed by atoms with E-state index in [0.29, 0.717) is 5.92 Å². The first-order chi connectivity index (χ1) is 4.88. The van der Waals surface area contributed by atoms with Crippen molar-refractivity contribution in [2.45, 2.75) is 38.7 Å². The molecule has 0 heterocycles. The van der Waals surface area contributed by atoms with Gasteiger partial charge in [-0.15, -0.1) is 0 Å². The van der Waals surface area contributed by atoms with Crippen LogP contribution in [0.1, 0.15) is 27.2 Å². The van der Waals surface area contributed by atoms with Crippen molar-refractivity contribution in [3.8, 4) is 0 Å². The average molecular weight is 180 g/mol. The first kappa shape index (κ1) is 11.3. The highest BCUT2D eigenvalue weighted by atomic mass is 31.0. The number of alkyl halides is 1. The molecule has 0 aromatic carbocycles. The minimum Gasteiger partial charge on any atom is -0.378 e. The fourth-order valence-corrected chi connectivity index (χ4v) is 1.26. The van der Waals surface area contributed by atoms with Gasteiger partial charge in [-0.05, 0) is 19.3 Å². The first-order valence-electron chi connectivity index (χ1n) is 3.88. The predicted molar refractivity (Wildman–Crippen MR) is 49.5 cm³/mol. The molecule has 11 heavy (non-hydrogen) atoms. The summed E-state index contributed by atoms with van der Waals surface area (Å²) in [6, 6.07) is 0. The molecule has 0 radical (unpaired) electrons. The van der Waals surface area contributed by atoms with Crippen molar-refractivity contribution in [1.82, 2.24) is 0 Å². The third kappa shape index (κ3) is 4.71. The molecule has 0 rings (SSSR count). The lowest BCUT2D eigenvalue weighted by Gasteiger charge is -2.26. The van der Waals surface area contributed by atoms with Crippen LogP contribution in [0, 0.1) is 5.92 Å². The Morgan fingerprint density at radius 2 is 2.00 bits per heavy atom. The van der Waals surface area contributed by atoms with Crippen LogP contribution in [-0.2, 0) is 4.74 Å². The van der Waals surface area contributed by atoms with Gasteiger partial charge in [0, 0.05) is 7.11 Å². The third-order valence-corrected chi connectivity index (χ3v) is 1.97.